The molecule has 9 aromatic rings. The molecule has 9 aromatic carbocycles. The summed E-state index contributed by atoms with van der Waals surface area (Å²) in [4.78, 5) is 2.47. The SMILES string of the molecule is CC1(C)c2ccccc2-c2ccc(N(c3ccc(-c4ccccc4)cc3)c3cccc(C45c6ccccc6-c6ccc(-c7ccccc7)c(c64)-c4ccccc45)c3)cc21. The normalized spacial score (nSPS) is 15.8. The molecule has 0 saturated carbocycles. The molecule has 0 heterocycles. The minimum atomic E-state index is -0.483. The van der Waals surface area contributed by atoms with E-state index in [9.17, 15) is 0 Å². The van der Waals surface area contributed by atoms with Gasteiger partial charge >= 0.3 is 0 Å². The molecule has 0 aromatic heterocycles. The Hall–Kier alpha value is -7.22. The highest BCUT2D eigenvalue weighted by atomic mass is 15.1. The molecule has 1 heteroatoms. The van der Waals surface area contributed by atoms with Crippen LogP contribution in [0, 0.1) is 0 Å². The number of benzene rings is 9. The molecular weight excluding hydrogens is 711 g/mol. The third-order valence-corrected chi connectivity index (χ3v) is 13.5. The summed E-state index contributed by atoms with van der Waals surface area (Å²) in [5, 5.41) is 0. The summed E-state index contributed by atoms with van der Waals surface area (Å²) < 4.78 is 0. The van der Waals surface area contributed by atoms with E-state index in [4.69, 9.17) is 0 Å². The van der Waals surface area contributed by atoms with Crippen LogP contribution in [0.15, 0.2) is 212 Å². The van der Waals surface area contributed by atoms with Crippen LogP contribution in [0.25, 0.3) is 55.6 Å². The van der Waals surface area contributed by atoms with Crippen LogP contribution in [-0.2, 0) is 10.8 Å². The molecule has 1 atom stereocenters. The van der Waals surface area contributed by atoms with Gasteiger partial charge in [-0.15, -0.1) is 0 Å². The van der Waals surface area contributed by atoms with E-state index in [-0.39, 0.29) is 5.41 Å². The lowest BCUT2D eigenvalue weighted by molar-refractivity contribution is 0.660. The standard InChI is InChI=1S/C58H41N/c1-57(2)51-25-12-9-22-46(51)48-33-32-44(37-54(48)57)59(42-30-28-39(29-31-42)38-16-5-3-6-17-38)43-21-15-20-41(36-43)58-52-26-13-10-23-47(52)49-35-34-45(40-18-7-4-8-19-40)55(56(49)58)50-24-11-14-27-53(50)58/h3-37H,1-2H3. The van der Waals surface area contributed by atoms with Crippen LogP contribution < -0.4 is 4.90 Å². The zero-order valence-electron chi connectivity index (χ0n) is 33.2. The van der Waals surface area contributed by atoms with Crippen LogP contribution in [0.1, 0.15) is 47.2 Å². The third-order valence-electron chi connectivity index (χ3n) is 13.5. The molecule has 0 N–H and O–H groups in total. The Kier molecular flexibility index (Phi) is 7.26. The first-order valence-corrected chi connectivity index (χ1v) is 20.8. The van der Waals surface area contributed by atoms with Crippen molar-refractivity contribution in [3.8, 4) is 55.6 Å². The van der Waals surface area contributed by atoms with Crippen molar-refractivity contribution in [2.75, 3.05) is 4.90 Å². The predicted octanol–water partition coefficient (Wildman–Crippen LogP) is 15.1. The van der Waals surface area contributed by atoms with Crippen molar-refractivity contribution in [3.05, 3.63) is 246 Å². The molecule has 0 spiro atoms. The van der Waals surface area contributed by atoms with Gasteiger partial charge in [0.05, 0.1) is 5.41 Å². The number of hydrogen-bond acceptors (Lipinski definition) is 1. The van der Waals surface area contributed by atoms with Gasteiger partial charge in [0.2, 0.25) is 0 Å². The zero-order valence-corrected chi connectivity index (χ0v) is 33.2. The Labute approximate surface area is 346 Å². The fraction of sp³-hybridized carbons (Fsp3) is 0.0690. The van der Waals surface area contributed by atoms with E-state index in [1.807, 2.05) is 0 Å². The lowest BCUT2D eigenvalue weighted by Crippen LogP contribution is -2.26. The summed E-state index contributed by atoms with van der Waals surface area (Å²) in [6.07, 6.45) is 0. The average molecular weight is 752 g/mol. The highest BCUT2D eigenvalue weighted by Gasteiger charge is 2.53. The van der Waals surface area contributed by atoms with Crippen LogP contribution >= 0.6 is 0 Å². The minimum Gasteiger partial charge on any atom is -0.310 e. The quantitative estimate of drug-likeness (QED) is 0.164. The van der Waals surface area contributed by atoms with Crippen molar-refractivity contribution in [3.63, 3.8) is 0 Å². The predicted molar refractivity (Wildman–Crippen MR) is 246 cm³/mol. The van der Waals surface area contributed by atoms with Gasteiger partial charge in [-0.05, 0) is 125 Å². The average Bonchev–Trinajstić information content (AvgIpc) is 3.87. The minimum absolute atomic E-state index is 0.122. The largest absolute Gasteiger partial charge is 0.310 e. The van der Waals surface area contributed by atoms with Crippen LogP contribution in [-0.4, -0.2) is 0 Å². The first-order chi connectivity index (χ1) is 29.0. The Morgan fingerprint density at radius 2 is 0.831 bits per heavy atom. The molecule has 0 amide bonds. The summed E-state index contributed by atoms with van der Waals surface area (Å²) in [5.74, 6) is 0. The Bertz CT molecular complexity index is 3120. The van der Waals surface area contributed by atoms with Crippen LogP contribution in [0.4, 0.5) is 17.1 Å². The molecule has 12 rings (SSSR count). The van der Waals surface area contributed by atoms with E-state index in [0.717, 1.165) is 17.1 Å². The molecule has 1 unspecified atom stereocenters. The molecule has 0 fully saturated rings. The second-order valence-corrected chi connectivity index (χ2v) is 16.8. The van der Waals surface area contributed by atoms with E-state index in [1.54, 1.807) is 0 Å². The first-order valence-electron chi connectivity index (χ1n) is 20.8. The van der Waals surface area contributed by atoms with Crippen molar-refractivity contribution in [1.29, 1.82) is 0 Å². The Balaban J connectivity index is 1.10. The van der Waals surface area contributed by atoms with E-state index in [0.29, 0.717) is 0 Å². The molecule has 3 aliphatic carbocycles. The molecule has 3 aliphatic rings. The Morgan fingerprint density at radius 1 is 0.322 bits per heavy atom. The summed E-state index contributed by atoms with van der Waals surface area (Å²) in [6.45, 7) is 4.74. The number of nitrogens with zero attached hydrogens (tertiary/aromatic N) is 1. The number of rotatable bonds is 6. The number of anilines is 3. The van der Waals surface area contributed by atoms with Crippen LogP contribution in [0.3, 0.4) is 0 Å². The highest BCUT2D eigenvalue weighted by Crippen LogP contribution is 2.66. The maximum atomic E-state index is 2.48. The summed E-state index contributed by atoms with van der Waals surface area (Å²) >= 11 is 0. The van der Waals surface area contributed by atoms with Crippen molar-refractivity contribution < 1.29 is 0 Å². The fourth-order valence-corrected chi connectivity index (χ4v) is 10.9. The van der Waals surface area contributed by atoms with Crippen molar-refractivity contribution >= 4 is 17.1 Å². The second-order valence-electron chi connectivity index (χ2n) is 16.8. The van der Waals surface area contributed by atoms with Crippen molar-refractivity contribution in [1.82, 2.24) is 0 Å². The molecule has 59 heavy (non-hydrogen) atoms. The monoisotopic (exact) mass is 751 g/mol. The van der Waals surface area contributed by atoms with Crippen molar-refractivity contribution in [2.45, 2.75) is 24.7 Å². The molecule has 0 saturated heterocycles. The maximum absolute atomic E-state index is 2.48. The molecule has 1 nitrogen and oxygen atoms in total. The number of fused-ring (bicyclic) bond motifs is 9. The molecule has 0 aliphatic heterocycles. The maximum Gasteiger partial charge on any atom is 0.0726 e. The topological polar surface area (TPSA) is 3.24 Å². The summed E-state index contributed by atoms with van der Waals surface area (Å²) in [5.41, 5.74) is 23.8. The second kappa shape index (κ2) is 12.6. The molecule has 278 valence electrons. The Morgan fingerprint density at radius 3 is 1.56 bits per heavy atom. The molecule has 0 radical (unpaired) electrons. The van der Waals surface area contributed by atoms with E-state index >= 15 is 0 Å². The zero-order chi connectivity index (χ0) is 39.3. The van der Waals surface area contributed by atoms with Gasteiger partial charge < -0.3 is 4.90 Å². The van der Waals surface area contributed by atoms with E-state index < -0.39 is 5.41 Å². The van der Waals surface area contributed by atoms with Crippen LogP contribution in [0.5, 0.6) is 0 Å². The summed E-state index contributed by atoms with van der Waals surface area (Å²) in [7, 11) is 0. The third kappa shape index (κ3) is 4.73. The van der Waals surface area contributed by atoms with E-state index in [2.05, 4.69) is 231 Å². The van der Waals surface area contributed by atoms with Gasteiger partial charge in [-0.3, -0.25) is 0 Å². The number of hydrogen-bond donors (Lipinski definition) is 0. The van der Waals surface area contributed by atoms with Crippen molar-refractivity contribution in [2.24, 2.45) is 0 Å². The van der Waals surface area contributed by atoms with Gasteiger partial charge in [0.1, 0.15) is 0 Å². The first kappa shape index (κ1) is 33.9. The smallest absolute Gasteiger partial charge is 0.0726 e. The lowest BCUT2D eigenvalue weighted by Gasteiger charge is -2.33. The van der Waals surface area contributed by atoms with Crippen LogP contribution in [0.2, 0.25) is 0 Å². The van der Waals surface area contributed by atoms with Gasteiger partial charge in [-0.25, -0.2) is 0 Å². The van der Waals surface area contributed by atoms with Gasteiger partial charge in [-0.2, -0.15) is 0 Å². The van der Waals surface area contributed by atoms with Gasteiger partial charge in [-0.1, -0.05) is 190 Å². The van der Waals surface area contributed by atoms with Gasteiger partial charge in [0, 0.05) is 22.5 Å². The summed E-state index contributed by atoms with van der Waals surface area (Å²) in [6, 6.07) is 79.1. The molecular formula is C58H41N. The molecule has 0 bridgehead atoms. The van der Waals surface area contributed by atoms with Gasteiger partial charge in [0.25, 0.3) is 0 Å². The highest BCUT2D eigenvalue weighted by molar-refractivity contribution is 6.04. The fourth-order valence-electron chi connectivity index (χ4n) is 10.9. The van der Waals surface area contributed by atoms with Gasteiger partial charge in [0.15, 0.2) is 0 Å². The lowest BCUT2D eigenvalue weighted by atomic mass is 9.70. The van der Waals surface area contributed by atoms with E-state index in [1.165, 1.54) is 89.0 Å².